The summed E-state index contributed by atoms with van der Waals surface area (Å²) in [5.41, 5.74) is 1.31. The molecule has 0 aliphatic carbocycles. The molecule has 2 amide bonds. The van der Waals surface area contributed by atoms with Gasteiger partial charge >= 0.3 is 0 Å². The Kier molecular flexibility index (Phi) is 6.74. The summed E-state index contributed by atoms with van der Waals surface area (Å²) >= 11 is 0. The molecule has 2 heterocycles. The van der Waals surface area contributed by atoms with Gasteiger partial charge in [-0.05, 0) is 43.5 Å². The molecule has 0 radical (unpaired) electrons. The first-order chi connectivity index (χ1) is 15.8. The van der Waals surface area contributed by atoms with Crippen LogP contribution in [-0.4, -0.2) is 58.8 Å². The summed E-state index contributed by atoms with van der Waals surface area (Å²) in [4.78, 5) is 27.7. The summed E-state index contributed by atoms with van der Waals surface area (Å²) in [5.74, 6) is -0.895. The minimum Gasteiger partial charge on any atom is -0.379 e. The van der Waals surface area contributed by atoms with Crippen LogP contribution in [0.3, 0.4) is 0 Å². The molecule has 1 atom stereocenters. The molecule has 4 rings (SSSR count). The molecule has 0 bridgehead atoms. The van der Waals surface area contributed by atoms with Gasteiger partial charge in [0.15, 0.2) is 0 Å². The Balaban J connectivity index is 1.42. The number of halogens is 1. The standard InChI is InChI=1S/C25H29FN4O3/c1-25(2,28-23(31)13-19-6-3-4-8-21(19)26)24(32)30-10-11-33-16-17(15-30)12-18-7-5-9-22-20(18)14-27-29-22/h3-9,14,17H,10-13,15-16H2,1-2H3,(H,27,29)(H,28,31)/t17-/m1/s1. The fourth-order valence-corrected chi connectivity index (χ4v) is 4.36. The largest absolute Gasteiger partial charge is 0.379 e. The average Bonchev–Trinajstić information content (AvgIpc) is 3.15. The van der Waals surface area contributed by atoms with Crippen molar-refractivity contribution >= 4 is 22.7 Å². The molecule has 1 saturated heterocycles. The summed E-state index contributed by atoms with van der Waals surface area (Å²) in [6, 6.07) is 12.2. The summed E-state index contributed by atoms with van der Waals surface area (Å²) in [5, 5.41) is 11.0. The van der Waals surface area contributed by atoms with Crippen molar-refractivity contribution < 1.29 is 18.7 Å². The van der Waals surface area contributed by atoms with Crippen molar-refractivity contribution in [2.45, 2.75) is 32.2 Å². The Morgan fingerprint density at radius 1 is 1.21 bits per heavy atom. The molecule has 174 valence electrons. The van der Waals surface area contributed by atoms with Crippen molar-refractivity contribution in [3.05, 3.63) is 65.6 Å². The van der Waals surface area contributed by atoms with Crippen LogP contribution in [-0.2, 0) is 27.2 Å². The van der Waals surface area contributed by atoms with Crippen LogP contribution >= 0.6 is 0 Å². The number of ether oxygens (including phenoxy) is 1. The van der Waals surface area contributed by atoms with E-state index in [4.69, 9.17) is 4.74 Å². The van der Waals surface area contributed by atoms with Crippen LogP contribution in [0.4, 0.5) is 4.39 Å². The molecule has 2 N–H and O–H groups in total. The molecule has 1 aliphatic heterocycles. The lowest BCUT2D eigenvalue weighted by Crippen LogP contribution is -2.57. The van der Waals surface area contributed by atoms with Crippen LogP contribution in [0.2, 0.25) is 0 Å². The van der Waals surface area contributed by atoms with Gasteiger partial charge in [-0.25, -0.2) is 4.39 Å². The van der Waals surface area contributed by atoms with Gasteiger partial charge in [0, 0.05) is 24.4 Å². The van der Waals surface area contributed by atoms with Crippen LogP contribution in [0.5, 0.6) is 0 Å². The Morgan fingerprint density at radius 3 is 2.82 bits per heavy atom. The predicted molar refractivity (Wildman–Crippen MR) is 123 cm³/mol. The molecule has 33 heavy (non-hydrogen) atoms. The normalized spacial score (nSPS) is 17.1. The third kappa shape index (κ3) is 5.39. The quantitative estimate of drug-likeness (QED) is 0.602. The Hall–Kier alpha value is -3.26. The highest BCUT2D eigenvalue weighted by molar-refractivity contribution is 5.91. The molecule has 1 fully saturated rings. The third-order valence-electron chi connectivity index (χ3n) is 6.00. The Bertz CT molecular complexity index is 1140. The number of hydrogen-bond acceptors (Lipinski definition) is 4. The molecule has 1 aromatic heterocycles. The monoisotopic (exact) mass is 452 g/mol. The van der Waals surface area contributed by atoms with Gasteiger partial charge in [-0.15, -0.1) is 0 Å². The number of hydrogen-bond donors (Lipinski definition) is 2. The average molecular weight is 453 g/mol. The highest BCUT2D eigenvalue weighted by atomic mass is 19.1. The lowest BCUT2D eigenvalue weighted by molar-refractivity contribution is -0.140. The van der Waals surface area contributed by atoms with E-state index in [1.54, 1.807) is 36.9 Å². The van der Waals surface area contributed by atoms with E-state index in [2.05, 4.69) is 21.6 Å². The smallest absolute Gasteiger partial charge is 0.247 e. The zero-order valence-corrected chi connectivity index (χ0v) is 18.9. The van der Waals surface area contributed by atoms with E-state index in [9.17, 15) is 14.0 Å². The van der Waals surface area contributed by atoms with E-state index in [0.717, 1.165) is 22.9 Å². The molecule has 2 aromatic carbocycles. The van der Waals surface area contributed by atoms with Gasteiger partial charge in [-0.1, -0.05) is 30.3 Å². The first kappa shape index (κ1) is 22.9. The second kappa shape index (κ2) is 9.70. The van der Waals surface area contributed by atoms with Crippen molar-refractivity contribution in [3.63, 3.8) is 0 Å². The van der Waals surface area contributed by atoms with E-state index < -0.39 is 17.3 Å². The van der Waals surface area contributed by atoms with Crippen LogP contribution in [0.15, 0.2) is 48.7 Å². The Labute approximate surface area is 192 Å². The van der Waals surface area contributed by atoms with Gasteiger partial charge in [0.25, 0.3) is 0 Å². The number of aromatic nitrogens is 2. The number of aromatic amines is 1. The lowest BCUT2D eigenvalue weighted by atomic mass is 9.96. The van der Waals surface area contributed by atoms with E-state index in [1.165, 1.54) is 6.07 Å². The first-order valence-electron chi connectivity index (χ1n) is 11.2. The minimum absolute atomic E-state index is 0.113. The third-order valence-corrected chi connectivity index (χ3v) is 6.00. The number of carbonyl (C=O) groups is 2. The van der Waals surface area contributed by atoms with Gasteiger partial charge in [-0.3, -0.25) is 14.7 Å². The number of rotatable bonds is 6. The predicted octanol–water partition coefficient (Wildman–Crippen LogP) is 2.86. The molecule has 8 heteroatoms. The van der Waals surface area contributed by atoms with Crippen LogP contribution in [0.25, 0.3) is 10.9 Å². The number of H-pyrrole nitrogens is 1. The number of nitrogens with zero attached hydrogens (tertiary/aromatic N) is 2. The fourth-order valence-electron chi connectivity index (χ4n) is 4.36. The van der Waals surface area contributed by atoms with E-state index in [-0.39, 0.29) is 18.2 Å². The molecule has 0 saturated carbocycles. The maximum Gasteiger partial charge on any atom is 0.247 e. The van der Waals surface area contributed by atoms with Gasteiger partial charge in [0.1, 0.15) is 11.4 Å². The van der Waals surface area contributed by atoms with Crippen molar-refractivity contribution in [2.24, 2.45) is 5.92 Å². The highest BCUT2D eigenvalue weighted by Gasteiger charge is 2.35. The van der Waals surface area contributed by atoms with Crippen LogP contribution in [0, 0.1) is 11.7 Å². The van der Waals surface area contributed by atoms with Gasteiger partial charge in [-0.2, -0.15) is 5.10 Å². The second-order valence-corrected chi connectivity index (χ2v) is 9.09. The molecule has 0 spiro atoms. The van der Waals surface area contributed by atoms with E-state index in [1.807, 2.05) is 18.3 Å². The summed E-state index contributed by atoms with van der Waals surface area (Å²) in [7, 11) is 0. The van der Waals surface area contributed by atoms with E-state index >= 15 is 0 Å². The second-order valence-electron chi connectivity index (χ2n) is 9.09. The number of nitrogens with one attached hydrogen (secondary N) is 2. The fraction of sp³-hybridized carbons (Fsp3) is 0.400. The van der Waals surface area contributed by atoms with Crippen molar-refractivity contribution in [2.75, 3.05) is 26.3 Å². The SMILES string of the molecule is CC(C)(NC(=O)Cc1ccccc1F)C(=O)N1CCOC[C@H](Cc2cccc3[nH]ncc23)C1. The summed E-state index contributed by atoms with van der Waals surface area (Å²) in [6.45, 7) is 5.34. The molecule has 1 aliphatic rings. The van der Waals surface area contributed by atoms with Gasteiger partial charge in [0.05, 0.1) is 31.3 Å². The zero-order chi connectivity index (χ0) is 23.4. The van der Waals surface area contributed by atoms with Crippen LogP contribution < -0.4 is 5.32 Å². The summed E-state index contributed by atoms with van der Waals surface area (Å²) < 4.78 is 19.7. The molecule has 7 nitrogen and oxygen atoms in total. The van der Waals surface area contributed by atoms with Gasteiger partial charge in [0.2, 0.25) is 11.8 Å². The molecular weight excluding hydrogens is 423 g/mol. The molecule has 0 unspecified atom stereocenters. The highest BCUT2D eigenvalue weighted by Crippen LogP contribution is 2.22. The minimum atomic E-state index is -1.12. The summed E-state index contributed by atoms with van der Waals surface area (Å²) in [6.07, 6.45) is 2.45. The number of amides is 2. The number of benzene rings is 2. The van der Waals surface area contributed by atoms with Crippen LogP contribution in [0.1, 0.15) is 25.0 Å². The maximum absolute atomic E-state index is 13.9. The number of carbonyl (C=O) groups excluding carboxylic acids is 2. The van der Waals surface area contributed by atoms with E-state index in [0.29, 0.717) is 31.9 Å². The lowest BCUT2D eigenvalue weighted by Gasteiger charge is -2.33. The number of fused-ring (bicyclic) bond motifs is 1. The van der Waals surface area contributed by atoms with Crippen molar-refractivity contribution in [1.29, 1.82) is 0 Å². The maximum atomic E-state index is 13.9. The van der Waals surface area contributed by atoms with Crippen molar-refractivity contribution in [1.82, 2.24) is 20.4 Å². The van der Waals surface area contributed by atoms with Gasteiger partial charge < -0.3 is 15.0 Å². The topological polar surface area (TPSA) is 87.3 Å². The Morgan fingerprint density at radius 2 is 2.00 bits per heavy atom. The molecule has 3 aromatic rings. The molecular formula is C25H29FN4O3. The zero-order valence-electron chi connectivity index (χ0n) is 18.9. The first-order valence-corrected chi connectivity index (χ1v) is 11.2. The van der Waals surface area contributed by atoms with Crippen molar-refractivity contribution in [3.8, 4) is 0 Å².